The highest BCUT2D eigenvalue weighted by atomic mass is 16.2. The molecule has 0 fully saturated rings. The summed E-state index contributed by atoms with van der Waals surface area (Å²) < 4.78 is 0. The molecule has 5 heteroatoms. The molecule has 0 saturated heterocycles. The lowest BCUT2D eigenvalue weighted by atomic mass is 10.00. The van der Waals surface area contributed by atoms with Crippen LogP contribution in [-0.4, -0.2) is 22.9 Å². The molecule has 18 heavy (non-hydrogen) atoms. The number of aromatic nitrogens is 2. The van der Waals surface area contributed by atoms with E-state index >= 15 is 0 Å². The van der Waals surface area contributed by atoms with Gasteiger partial charge >= 0.3 is 0 Å². The van der Waals surface area contributed by atoms with Crippen LogP contribution in [0.2, 0.25) is 0 Å². The molecule has 1 aliphatic rings. The van der Waals surface area contributed by atoms with Crippen LogP contribution in [0.4, 0.5) is 5.69 Å². The fourth-order valence-corrected chi connectivity index (χ4v) is 2.39. The van der Waals surface area contributed by atoms with Gasteiger partial charge in [-0.05, 0) is 31.0 Å². The molecule has 1 aromatic heterocycles. The van der Waals surface area contributed by atoms with E-state index in [0.717, 1.165) is 11.3 Å². The quantitative estimate of drug-likeness (QED) is 0.754. The number of anilines is 1. The molecule has 1 N–H and O–H groups in total. The lowest BCUT2D eigenvalue weighted by molar-refractivity contribution is -0.118. The van der Waals surface area contributed by atoms with E-state index in [1.807, 2.05) is 6.07 Å². The first-order valence-corrected chi connectivity index (χ1v) is 5.86. The van der Waals surface area contributed by atoms with Crippen LogP contribution in [0.5, 0.6) is 0 Å². The van der Waals surface area contributed by atoms with Crippen molar-refractivity contribution in [2.45, 2.75) is 19.8 Å². The van der Waals surface area contributed by atoms with Crippen molar-refractivity contribution >= 4 is 22.5 Å². The van der Waals surface area contributed by atoms with Gasteiger partial charge in [0.2, 0.25) is 5.91 Å². The Kier molecular flexibility index (Phi) is 2.23. The minimum atomic E-state index is -0.160. The molecule has 1 amide bonds. The lowest BCUT2D eigenvalue weighted by Gasteiger charge is -2.25. The van der Waals surface area contributed by atoms with Gasteiger partial charge in [-0.25, -0.2) is 4.98 Å². The summed E-state index contributed by atoms with van der Waals surface area (Å²) in [5, 5.41) is 0.529. The van der Waals surface area contributed by atoms with Gasteiger partial charge in [0.05, 0.1) is 10.9 Å². The van der Waals surface area contributed by atoms with Gasteiger partial charge < -0.3 is 9.88 Å². The molecule has 5 nitrogen and oxygen atoms in total. The number of amides is 1. The fourth-order valence-electron chi connectivity index (χ4n) is 2.39. The minimum absolute atomic E-state index is 0.0818. The molecule has 0 atom stereocenters. The molecule has 0 bridgehead atoms. The van der Waals surface area contributed by atoms with E-state index in [9.17, 15) is 9.59 Å². The summed E-state index contributed by atoms with van der Waals surface area (Å²) in [6, 6.07) is 3.67. The number of carbonyl (C=O) groups is 1. The van der Waals surface area contributed by atoms with E-state index in [0.29, 0.717) is 29.6 Å². The van der Waals surface area contributed by atoms with Gasteiger partial charge in [-0.1, -0.05) is 0 Å². The minimum Gasteiger partial charge on any atom is -0.315 e. The number of rotatable bonds is 0. The molecule has 0 saturated carbocycles. The Balaban J connectivity index is 2.34. The average Bonchev–Trinajstić information content (AvgIpc) is 2.32. The Bertz CT molecular complexity index is 718. The molecule has 0 spiro atoms. The zero-order valence-electron chi connectivity index (χ0n) is 10.3. The van der Waals surface area contributed by atoms with Crippen molar-refractivity contribution in [1.29, 1.82) is 0 Å². The molecule has 92 valence electrons. The SMILES string of the molecule is Cc1nc2cc3c(cc2c(=O)[nH]1)N(C)C(=O)CC3. The largest absolute Gasteiger partial charge is 0.315 e. The van der Waals surface area contributed by atoms with Gasteiger partial charge in [0.1, 0.15) is 5.82 Å². The molecule has 0 radical (unpaired) electrons. The fraction of sp³-hybridized carbons (Fsp3) is 0.308. The van der Waals surface area contributed by atoms with E-state index in [1.165, 1.54) is 0 Å². The van der Waals surface area contributed by atoms with E-state index in [2.05, 4.69) is 9.97 Å². The van der Waals surface area contributed by atoms with Crippen molar-refractivity contribution in [3.63, 3.8) is 0 Å². The van der Waals surface area contributed by atoms with Crippen LogP contribution in [0.25, 0.3) is 10.9 Å². The summed E-state index contributed by atoms with van der Waals surface area (Å²) in [5.74, 6) is 0.686. The van der Waals surface area contributed by atoms with Crippen LogP contribution >= 0.6 is 0 Å². The highest BCUT2D eigenvalue weighted by molar-refractivity contribution is 5.98. The predicted molar refractivity (Wildman–Crippen MR) is 68.8 cm³/mol. The van der Waals surface area contributed by atoms with Crippen LogP contribution in [0.15, 0.2) is 16.9 Å². The number of fused-ring (bicyclic) bond motifs is 2. The number of carbonyl (C=O) groups excluding carboxylic acids is 1. The maximum Gasteiger partial charge on any atom is 0.258 e. The number of nitrogens with zero attached hydrogens (tertiary/aromatic N) is 2. The molecule has 3 rings (SSSR count). The van der Waals surface area contributed by atoms with Crippen molar-refractivity contribution in [3.8, 4) is 0 Å². The summed E-state index contributed by atoms with van der Waals surface area (Å²) >= 11 is 0. The predicted octanol–water partition coefficient (Wildman–Crippen LogP) is 1.14. The van der Waals surface area contributed by atoms with Gasteiger partial charge in [-0.2, -0.15) is 0 Å². The third kappa shape index (κ3) is 1.51. The third-order valence-corrected chi connectivity index (χ3v) is 3.37. The van der Waals surface area contributed by atoms with Crippen molar-refractivity contribution in [2.75, 3.05) is 11.9 Å². The number of nitrogens with one attached hydrogen (secondary N) is 1. The van der Waals surface area contributed by atoms with Gasteiger partial charge in [0, 0.05) is 19.2 Å². The van der Waals surface area contributed by atoms with Crippen LogP contribution in [0.3, 0.4) is 0 Å². The van der Waals surface area contributed by atoms with Gasteiger partial charge in [-0.3, -0.25) is 9.59 Å². The zero-order chi connectivity index (χ0) is 12.9. The molecular weight excluding hydrogens is 230 g/mol. The number of benzene rings is 1. The van der Waals surface area contributed by atoms with Crippen LogP contribution < -0.4 is 10.5 Å². The normalized spacial score (nSPS) is 15.0. The first-order chi connectivity index (χ1) is 8.56. The smallest absolute Gasteiger partial charge is 0.258 e. The highest BCUT2D eigenvalue weighted by Gasteiger charge is 2.22. The van der Waals surface area contributed by atoms with Crippen LogP contribution in [0, 0.1) is 6.92 Å². The van der Waals surface area contributed by atoms with Gasteiger partial charge in [0.25, 0.3) is 5.56 Å². The topological polar surface area (TPSA) is 66.1 Å². The maximum atomic E-state index is 11.9. The summed E-state index contributed by atoms with van der Waals surface area (Å²) in [7, 11) is 1.74. The Morgan fingerprint density at radius 1 is 1.28 bits per heavy atom. The Labute approximate surface area is 103 Å². The van der Waals surface area contributed by atoms with Crippen LogP contribution in [0.1, 0.15) is 17.8 Å². The summed E-state index contributed by atoms with van der Waals surface area (Å²) in [6.45, 7) is 1.76. The van der Waals surface area contributed by atoms with Crippen molar-refractivity contribution < 1.29 is 4.79 Å². The number of hydrogen-bond donors (Lipinski definition) is 1. The summed E-state index contributed by atoms with van der Waals surface area (Å²) in [6.07, 6.45) is 1.22. The lowest BCUT2D eigenvalue weighted by Crippen LogP contribution is -2.31. The number of H-pyrrole nitrogens is 1. The highest BCUT2D eigenvalue weighted by Crippen LogP contribution is 2.29. The van der Waals surface area contributed by atoms with E-state index in [4.69, 9.17) is 0 Å². The molecule has 2 aromatic rings. The molecule has 2 heterocycles. The summed E-state index contributed by atoms with van der Waals surface area (Å²) in [5.41, 5.74) is 2.42. The zero-order valence-corrected chi connectivity index (χ0v) is 10.3. The Morgan fingerprint density at radius 3 is 2.83 bits per heavy atom. The summed E-state index contributed by atoms with van der Waals surface area (Å²) in [4.78, 5) is 32.1. The van der Waals surface area contributed by atoms with E-state index < -0.39 is 0 Å². The number of aryl methyl sites for hydroxylation is 2. The Morgan fingerprint density at radius 2 is 2.06 bits per heavy atom. The monoisotopic (exact) mass is 243 g/mol. The molecule has 1 aliphatic heterocycles. The molecule has 1 aromatic carbocycles. The van der Waals surface area contributed by atoms with Gasteiger partial charge in [-0.15, -0.1) is 0 Å². The van der Waals surface area contributed by atoms with E-state index in [1.54, 1.807) is 24.9 Å². The second kappa shape index (κ2) is 3.66. The molecular formula is C13H13N3O2. The first-order valence-electron chi connectivity index (χ1n) is 5.86. The van der Waals surface area contributed by atoms with E-state index in [-0.39, 0.29) is 11.5 Å². The Hall–Kier alpha value is -2.17. The van der Waals surface area contributed by atoms with Gasteiger partial charge in [0.15, 0.2) is 0 Å². The standard InChI is InChI=1S/C13H13N3O2/c1-7-14-10-5-8-3-4-12(17)16(2)11(8)6-9(10)13(18)15-7/h5-6H,3-4H2,1-2H3,(H,14,15,18). The second-order valence-corrected chi connectivity index (χ2v) is 4.60. The maximum absolute atomic E-state index is 11.9. The first kappa shape index (κ1) is 11.0. The average molecular weight is 243 g/mol. The van der Waals surface area contributed by atoms with Crippen molar-refractivity contribution in [1.82, 2.24) is 9.97 Å². The second-order valence-electron chi connectivity index (χ2n) is 4.60. The molecule has 0 aliphatic carbocycles. The number of aromatic amines is 1. The van der Waals surface area contributed by atoms with Crippen molar-refractivity contribution in [2.24, 2.45) is 0 Å². The molecule has 0 unspecified atom stereocenters. The van der Waals surface area contributed by atoms with Crippen molar-refractivity contribution in [3.05, 3.63) is 33.9 Å². The third-order valence-electron chi connectivity index (χ3n) is 3.37. The number of hydrogen-bond acceptors (Lipinski definition) is 3. The van der Waals surface area contributed by atoms with Crippen LogP contribution in [-0.2, 0) is 11.2 Å².